The summed E-state index contributed by atoms with van der Waals surface area (Å²) in [4.78, 5) is 13.7. The SMILES string of the molecule is O=C1CSCCCN1CC1CCCN1. The van der Waals surface area contributed by atoms with E-state index in [0.717, 1.165) is 31.8 Å². The maximum Gasteiger partial charge on any atom is 0.232 e. The molecule has 0 bridgehead atoms. The fourth-order valence-corrected chi connectivity index (χ4v) is 2.94. The first-order valence-corrected chi connectivity index (χ1v) is 6.60. The number of hydrogen-bond acceptors (Lipinski definition) is 3. The highest BCUT2D eigenvalue weighted by Gasteiger charge is 2.22. The number of thioether (sulfide) groups is 1. The largest absolute Gasteiger partial charge is 0.340 e. The van der Waals surface area contributed by atoms with E-state index in [1.165, 1.54) is 12.8 Å². The molecule has 2 heterocycles. The fraction of sp³-hybridized carbons (Fsp3) is 0.900. The van der Waals surface area contributed by atoms with Gasteiger partial charge < -0.3 is 10.2 Å². The molecule has 2 aliphatic heterocycles. The van der Waals surface area contributed by atoms with Crippen LogP contribution in [0, 0.1) is 0 Å². The van der Waals surface area contributed by atoms with E-state index in [1.807, 2.05) is 4.90 Å². The average Bonchev–Trinajstić information content (AvgIpc) is 2.60. The lowest BCUT2D eigenvalue weighted by Gasteiger charge is -2.23. The van der Waals surface area contributed by atoms with E-state index in [1.54, 1.807) is 11.8 Å². The Morgan fingerprint density at radius 2 is 2.43 bits per heavy atom. The average molecular weight is 214 g/mol. The Bertz CT molecular complexity index is 204. The van der Waals surface area contributed by atoms with Gasteiger partial charge in [-0.25, -0.2) is 0 Å². The molecule has 0 aromatic rings. The minimum atomic E-state index is 0.334. The van der Waals surface area contributed by atoms with Gasteiger partial charge in [0.25, 0.3) is 0 Å². The Morgan fingerprint density at radius 3 is 3.21 bits per heavy atom. The van der Waals surface area contributed by atoms with Crippen LogP contribution in [0.1, 0.15) is 19.3 Å². The molecule has 2 fully saturated rings. The lowest BCUT2D eigenvalue weighted by Crippen LogP contribution is -2.41. The van der Waals surface area contributed by atoms with Crippen molar-refractivity contribution in [1.82, 2.24) is 10.2 Å². The second-order valence-corrected chi connectivity index (χ2v) is 5.14. The zero-order valence-electron chi connectivity index (χ0n) is 8.50. The van der Waals surface area contributed by atoms with Crippen LogP contribution in [0.15, 0.2) is 0 Å². The van der Waals surface area contributed by atoms with Crippen LogP contribution in [-0.4, -0.2) is 48.0 Å². The van der Waals surface area contributed by atoms with Gasteiger partial charge in [-0.1, -0.05) is 0 Å². The molecule has 1 unspecified atom stereocenters. The molecule has 1 atom stereocenters. The smallest absolute Gasteiger partial charge is 0.232 e. The Labute approximate surface area is 89.6 Å². The van der Waals surface area contributed by atoms with E-state index in [2.05, 4.69) is 5.32 Å². The van der Waals surface area contributed by atoms with Crippen molar-refractivity contribution in [1.29, 1.82) is 0 Å². The molecule has 0 aliphatic carbocycles. The van der Waals surface area contributed by atoms with Gasteiger partial charge in [0.1, 0.15) is 0 Å². The zero-order chi connectivity index (χ0) is 9.80. The molecule has 0 aromatic heterocycles. The lowest BCUT2D eigenvalue weighted by molar-refractivity contribution is -0.128. The van der Waals surface area contributed by atoms with E-state index in [9.17, 15) is 4.79 Å². The highest BCUT2D eigenvalue weighted by Crippen LogP contribution is 2.13. The normalized spacial score (nSPS) is 29.3. The molecule has 0 aromatic carbocycles. The van der Waals surface area contributed by atoms with Gasteiger partial charge in [-0.3, -0.25) is 4.79 Å². The van der Waals surface area contributed by atoms with Gasteiger partial charge in [-0.2, -0.15) is 11.8 Å². The van der Waals surface area contributed by atoms with E-state index in [4.69, 9.17) is 0 Å². The van der Waals surface area contributed by atoms with Crippen LogP contribution < -0.4 is 5.32 Å². The number of rotatable bonds is 2. The van der Waals surface area contributed by atoms with Gasteiger partial charge in [-0.15, -0.1) is 0 Å². The molecule has 1 N–H and O–H groups in total. The molecule has 14 heavy (non-hydrogen) atoms. The minimum absolute atomic E-state index is 0.334. The Kier molecular flexibility index (Phi) is 3.70. The van der Waals surface area contributed by atoms with E-state index in [0.29, 0.717) is 17.7 Å². The molecule has 2 aliphatic rings. The van der Waals surface area contributed by atoms with Crippen LogP contribution in [0.3, 0.4) is 0 Å². The van der Waals surface area contributed by atoms with Crippen LogP contribution in [0.2, 0.25) is 0 Å². The van der Waals surface area contributed by atoms with Crippen molar-refractivity contribution in [3.8, 4) is 0 Å². The summed E-state index contributed by atoms with van der Waals surface area (Å²) in [5.41, 5.74) is 0. The quantitative estimate of drug-likeness (QED) is 0.734. The summed E-state index contributed by atoms with van der Waals surface area (Å²) in [6.45, 7) is 3.02. The molecule has 2 rings (SSSR count). The molecule has 0 saturated carbocycles. The number of nitrogens with one attached hydrogen (secondary N) is 1. The summed E-state index contributed by atoms with van der Waals surface area (Å²) in [6.07, 6.45) is 3.65. The molecule has 1 amide bonds. The third kappa shape index (κ3) is 2.64. The van der Waals surface area contributed by atoms with Gasteiger partial charge in [0.05, 0.1) is 5.75 Å². The van der Waals surface area contributed by atoms with E-state index >= 15 is 0 Å². The van der Waals surface area contributed by atoms with Crippen molar-refractivity contribution in [3.05, 3.63) is 0 Å². The van der Waals surface area contributed by atoms with Crippen molar-refractivity contribution in [2.24, 2.45) is 0 Å². The van der Waals surface area contributed by atoms with Crippen molar-refractivity contribution >= 4 is 17.7 Å². The van der Waals surface area contributed by atoms with Crippen LogP contribution in [0.5, 0.6) is 0 Å². The molecule has 3 nitrogen and oxygen atoms in total. The van der Waals surface area contributed by atoms with Crippen molar-refractivity contribution in [2.75, 3.05) is 31.1 Å². The number of carbonyl (C=O) groups is 1. The van der Waals surface area contributed by atoms with Crippen molar-refractivity contribution in [2.45, 2.75) is 25.3 Å². The fourth-order valence-electron chi connectivity index (χ4n) is 2.10. The topological polar surface area (TPSA) is 32.3 Å². The summed E-state index contributed by atoms with van der Waals surface area (Å²) in [7, 11) is 0. The number of amides is 1. The summed E-state index contributed by atoms with van der Waals surface area (Å²) < 4.78 is 0. The predicted molar refractivity (Wildman–Crippen MR) is 59.5 cm³/mol. The third-order valence-corrected chi connectivity index (χ3v) is 3.93. The molecule has 80 valence electrons. The predicted octanol–water partition coefficient (Wildman–Crippen LogP) is 0.704. The third-order valence-electron chi connectivity index (χ3n) is 2.90. The standard InChI is InChI=1S/C10H18N2OS/c13-10-8-14-6-2-5-12(10)7-9-3-1-4-11-9/h9,11H,1-8H2. The first kappa shape index (κ1) is 10.3. The first-order valence-electron chi connectivity index (χ1n) is 5.45. The molecule has 0 radical (unpaired) electrons. The van der Waals surface area contributed by atoms with Crippen LogP contribution in [-0.2, 0) is 4.79 Å². The summed E-state index contributed by atoms with van der Waals surface area (Å²) in [5.74, 6) is 2.16. The van der Waals surface area contributed by atoms with E-state index < -0.39 is 0 Å². The van der Waals surface area contributed by atoms with Crippen LogP contribution in [0.4, 0.5) is 0 Å². The minimum Gasteiger partial charge on any atom is -0.340 e. The summed E-state index contributed by atoms with van der Waals surface area (Å²) in [6, 6.07) is 0.557. The lowest BCUT2D eigenvalue weighted by atomic mass is 10.2. The number of nitrogens with zero attached hydrogens (tertiary/aromatic N) is 1. The van der Waals surface area contributed by atoms with Crippen molar-refractivity contribution < 1.29 is 4.79 Å². The number of hydrogen-bond donors (Lipinski definition) is 1. The van der Waals surface area contributed by atoms with Gasteiger partial charge in [0.2, 0.25) is 5.91 Å². The van der Waals surface area contributed by atoms with Gasteiger partial charge >= 0.3 is 0 Å². The van der Waals surface area contributed by atoms with Crippen LogP contribution >= 0.6 is 11.8 Å². The Balaban J connectivity index is 1.84. The van der Waals surface area contributed by atoms with Gasteiger partial charge in [-0.05, 0) is 31.6 Å². The molecular weight excluding hydrogens is 196 g/mol. The molecule has 2 saturated heterocycles. The Hall–Kier alpha value is -0.220. The van der Waals surface area contributed by atoms with Gasteiger partial charge in [0, 0.05) is 19.1 Å². The van der Waals surface area contributed by atoms with Gasteiger partial charge in [0.15, 0.2) is 0 Å². The summed E-state index contributed by atoms with van der Waals surface area (Å²) >= 11 is 1.77. The van der Waals surface area contributed by atoms with E-state index in [-0.39, 0.29) is 0 Å². The zero-order valence-corrected chi connectivity index (χ0v) is 9.31. The Morgan fingerprint density at radius 1 is 1.50 bits per heavy atom. The maximum atomic E-state index is 11.7. The van der Waals surface area contributed by atoms with Crippen molar-refractivity contribution in [3.63, 3.8) is 0 Å². The highest BCUT2D eigenvalue weighted by atomic mass is 32.2. The molecule has 4 heteroatoms. The highest BCUT2D eigenvalue weighted by molar-refractivity contribution is 7.99. The maximum absolute atomic E-state index is 11.7. The molecule has 0 spiro atoms. The van der Waals surface area contributed by atoms with Crippen LogP contribution in [0.25, 0.3) is 0 Å². The monoisotopic (exact) mass is 214 g/mol. The second-order valence-electron chi connectivity index (χ2n) is 4.04. The second kappa shape index (κ2) is 5.03. The summed E-state index contributed by atoms with van der Waals surface area (Å²) in [5, 5.41) is 3.44. The first-order chi connectivity index (χ1) is 6.86. The molecular formula is C10H18N2OS. The number of carbonyl (C=O) groups excluding carboxylic acids is 1.